The lowest BCUT2D eigenvalue weighted by molar-refractivity contribution is 0.575. The van der Waals surface area contributed by atoms with Crippen LogP contribution in [-0.2, 0) is 0 Å². The van der Waals surface area contributed by atoms with Gasteiger partial charge < -0.3 is 9.73 Å². The van der Waals surface area contributed by atoms with E-state index < -0.39 is 0 Å². The minimum absolute atomic E-state index is 0.800. The zero-order chi connectivity index (χ0) is 28.0. The first-order valence-electron chi connectivity index (χ1n) is 13.7. The molecule has 0 fully saturated rings. The Bertz CT molecular complexity index is 1990. The molecule has 1 aliphatic rings. The van der Waals surface area contributed by atoms with Gasteiger partial charge in [0.2, 0.25) is 0 Å². The minimum Gasteiger partial charge on any atom is -0.456 e. The number of nitrogens with zero attached hydrogens (tertiary/aromatic N) is 1. The summed E-state index contributed by atoms with van der Waals surface area (Å²) in [4.78, 5) is 4.02. The van der Waals surface area contributed by atoms with Crippen LogP contribution in [0.3, 0.4) is 0 Å². The molecule has 1 N–H and O–H groups in total. The van der Waals surface area contributed by atoms with Gasteiger partial charge in [-0.15, -0.1) is 0 Å². The van der Waals surface area contributed by atoms with Gasteiger partial charge in [-0.1, -0.05) is 91.0 Å². The number of aliphatic imine (C=N–C) groups is 1. The van der Waals surface area contributed by atoms with Crippen molar-refractivity contribution in [1.29, 1.82) is 0 Å². The monoisotopic (exact) mass is 530 g/mol. The first-order valence-corrected chi connectivity index (χ1v) is 13.7. The van der Waals surface area contributed by atoms with Crippen LogP contribution in [0.15, 0.2) is 143 Å². The largest absolute Gasteiger partial charge is 0.456 e. The summed E-state index contributed by atoms with van der Waals surface area (Å²) in [5.74, 6) is 0. The van der Waals surface area contributed by atoms with E-state index in [-0.39, 0.29) is 0 Å². The van der Waals surface area contributed by atoms with Crippen LogP contribution in [0.4, 0.5) is 5.69 Å². The van der Waals surface area contributed by atoms with Crippen molar-refractivity contribution >= 4 is 41.1 Å². The van der Waals surface area contributed by atoms with E-state index in [1.165, 1.54) is 11.1 Å². The first-order chi connectivity index (χ1) is 20.2. The molecule has 1 aromatic heterocycles. The molecule has 0 bridgehead atoms. The zero-order valence-electron chi connectivity index (χ0n) is 22.9. The van der Waals surface area contributed by atoms with E-state index in [0.29, 0.717) is 0 Å². The Hall–Kier alpha value is -5.41. The van der Waals surface area contributed by atoms with Gasteiger partial charge in [-0.3, -0.25) is 4.99 Å². The Balaban J connectivity index is 1.61. The molecule has 41 heavy (non-hydrogen) atoms. The average molecular weight is 531 g/mol. The van der Waals surface area contributed by atoms with Crippen LogP contribution in [0.25, 0.3) is 50.9 Å². The lowest BCUT2D eigenvalue weighted by atomic mass is 9.93. The molecule has 198 valence electrons. The molecule has 5 aromatic rings. The van der Waals surface area contributed by atoms with E-state index in [0.717, 1.165) is 55.1 Å². The van der Waals surface area contributed by atoms with E-state index in [4.69, 9.17) is 4.42 Å². The molecular weight excluding hydrogens is 500 g/mol. The molecule has 0 unspecified atom stereocenters. The van der Waals surface area contributed by atoms with Crippen LogP contribution >= 0.6 is 0 Å². The Morgan fingerprint density at radius 2 is 1.71 bits per heavy atom. The first kappa shape index (κ1) is 25.8. The number of furan rings is 1. The summed E-state index contributed by atoms with van der Waals surface area (Å²) in [5.41, 5.74) is 10.4. The number of benzene rings is 4. The lowest BCUT2D eigenvalue weighted by Crippen LogP contribution is -2.20. The Morgan fingerprint density at radius 1 is 0.854 bits per heavy atom. The number of allylic oxidation sites excluding steroid dienone is 6. The topological polar surface area (TPSA) is 37.5 Å². The number of rotatable bonds is 5. The predicted octanol–water partition coefficient (Wildman–Crippen LogP) is 8.49. The van der Waals surface area contributed by atoms with Gasteiger partial charge in [0.05, 0.1) is 0 Å². The third-order valence-corrected chi connectivity index (χ3v) is 7.16. The fourth-order valence-electron chi connectivity index (χ4n) is 5.18. The maximum Gasteiger partial charge on any atom is 0.136 e. The summed E-state index contributed by atoms with van der Waals surface area (Å²) in [7, 11) is 0. The molecule has 0 saturated carbocycles. The zero-order valence-corrected chi connectivity index (χ0v) is 22.9. The van der Waals surface area contributed by atoms with Gasteiger partial charge in [0.25, 0.3) is 0 Å². The molecule has 4 aromatic carbocycles. The number of hydrogen-bond acceptors (Lipinski definition) is 3. The normalized spacial score (nSPS) is 15.5. The minimum atomic E-state index is 0.800. The Labute approximate surface area is 240 Å². The van der Waals surface area contributed by atoms with Crippen LogP contribution in [-0.4, -0.2) is 6.72 Å². The van der Waals surface area contributed by atoms with Crippen LogP contribution in [0, 0.1) is 0 Å². The van der Waals surface area contributed by atoms with Crippen LogP contribution in [0.1, 0.15) is 18.1 Å². The van der Waals surface area contributed by atoms with Crippen LogP contribution in [0.5, 0.6) is 0 Å². The highest BCUT2D eigenvalue weighted by atomic mass is 16.3. The van der Waals surface area contributed by atoms with Crippen molar-refractivity contribution < 1.29 is 4.42 Å². The van der Waals surface area contributed by atoms with Crippen LogP contribution < -0.4 is 16.0 Å². The van der Waals surface area contributed by atoms with Crippen molar-refractivity contribution in [3.63, 3.8) is 0 Å². The van der Waals surface area contributed by atoms with E-state index in [2.05, 4.69) is 108 Å². The third kappa shape index (κ3) is 5.39. The van der Waals surface area contributed by atoms with Crippen molar-refractivity contribution in [2.75, 3.05) is 5.32 Å². The van der Waals surface area contributed by atoms with Gasteiger partial charge in [-0.2, -0.15) is 0 Å². The molecule has 0 amide bonds. The highest BCUT2D eigenvalue weighted by Gasteiger charge is 2.13. The van der Waals surface area contributed by atoms with Gasteiger partial charge >= 0.3 is 0 Å². The van der Waals surface area contributed by atoms with E-state index in [1.807, 2.05) is 55.6 Å². The van der Waals surface area contributed by atoms with Gasteiger partial charge in [-0.25, -0.2) is 0 Å². The molecule has 3 heteroatoms. The number of nitrogens with one attached hydrogen (secondary N) is 1. The summed E-state index contributed by atoms with van der Waals surface area (Å²) >= 11 is 0. The summed E-state index contributed by atoms with van der Waals surface area (Å²) < 4.78 is 6.49. The number of fused-ring (bicyclic) bond motifs is 6. The second kappa shape index (κ2) is 11.8. The van der Waals surface area contributed by atoms with E-state index >= 15 is 0 Å². The van der Waals surface area contributed by atoms with Crippen LogP contribution in [0.2, 0.25) is 0 Å². The predicted molar refractivity (Wildman–Crippen MR) is 175 cm³/mol. The van der Waals surface area contributed by atoms with Crippen molar-refractivity contribution in [2.45, 2.75) is 6.92 Å². The number of hydrogen-bond donors (Lipinski definition) is 1. The summed E-state index contributed by atoms with van der Waals surface area (Å²) in [6, 6.07) is 31.9. The summed E-state index contributed by atoms with van der Waals surface area (Å²) in [6.07, 6.45) is 18.0. The second-order valence-corrected chi connectivity index (χ2v) is 9.77. The van der Waals surface area contributed by atoms with Gasteiger partial charge in [-0.05, 0) is 84.0 Å². The number of para-hydroxylation sites is 1. The fraction of sp³-hybridized carbons (Fsp3) is 0.0263. The molecule has 2 heterocycles. The molecule has 0 spiro atoms. The quantitative estimate of drug-likeness (QED) is 0.183. The Kier molecular flexibility index (Phi) is 7.42. The molecular formula is C38H30N2O. The molecule has 0 radical (unpaired) electrons. The molecule has 6 rings (SSSR count). The van der Waals surface area contributed by atoms with Crippen molar-refractivity contribution in [3.05, 3.63) is 156 Å². The smallest absolute Gasteiger partial charge is 0.136 e. The molecule has 3 nitrogen and oxygen atoms in total. The maximum atomic E-state index is 6.49. The van der Waals surface area contributed by atoms with Crippen molar-refractivity contribution in [2.24, 2.45) is 4.99 Å². The second-order valence-electron chi connectivity index (χ2n) is 9.77. The summed E-state index contributed by atoms with van der Waals surface area (Å²) in [5, 5.41) is 5.56. The highest BCUT2D eigenvalue weighted by molar-refractivity contribution is 5.90. The molecule has 1 aliphatic heterocycles. The van der Waals surface area contributed by atoms with E-state index in [9.17, 15) is 0 Å². The highest BCUT2D eigenvalue weighted by Crippen LogP contribution is 2.34. The van der Waals surface area contributed by atoms with Gasteiger partial charge in [0, 0.05) is 39.8 Å². The average Bonchev–Trinajstić information content (AvgIpc) is 3.34. The Morgan fingerprint density at radius 3 is 2.56 bits per heavy atom. The van der Waals surface area contributed by atoms with Crippen molar-refractivity contribution in [3.8, 4) is 22.3 Å². The number of anilines is 1. The summed E-state index contributed by atoms with van der Waals surface area (Å²) in [6.45, 7) is 5.65. The maximum absolute atomic E-state index is 6.49. The fourth-order valence-corrected chi connectivity index (χ4v) is 5.18. The standard InChI is InChI=1S/C38H30N2O/c1-3-4-6-14-30(26-39-2)29-19-21-34-35-24-31-23-28(27-12-7-5-8-13-27)18-20-32(31)33-15-9-10-16-36(33)40-22-11-17-37(35)41-38(34)25-29/h3-26,40H,2H2,1H3/b4-3+,14-6-,22-11+,30-26+,35-24+,37-17+. The third-order valence-electron chi connectivity index (χ3n) is 7.16. The van der Waals surface area contributed by atoms with Gasteiger partial charge in [0.15, 0.2) is 0 Å². The van der Waals surface area contributed by atoms with Crippen molar-refractivity contribution in [1.82, 2.24) is 0 Å². The van der Waals surface area contributed by atoms with E-state index in [1.54, 1.807) is 6.20 Å². The molecule has 0 aliphatic carbocycles. The lowest BCUT2D eigenvalue weighted by Gasteiger charge is -2.14. The van der Waals surface area contributed by atoms with Gasteiger partial charge in [0.1, 0.15) is 11.0 Å². The molecule has 0 atom stereocenters. The molecule has 0 saturated heterocycles. The SMILES string of the molecule is C=N\C=C(/C=C\C=C\C)c1ccc2c3/c(oc2c1)=C\C=C\Nc1ccccc1-c1ccc(-c2ccccc2)cc1/C=3.